The van der Waals surface area contributed by atoms with Gasteiger partial charge in [0.25, 0.3) is 5.91 Å². The van der Waals surface area contributed by atoms with Gasteiger partial charge in [-0.05, 0) is 61.8 Å². The minimum Gasteiger partial charge on any atom is -0.496 e. The van der Waals surface area contributed by atoms with E-state index in [1.165, 1.54) is 12.0 Å². The van der Waals surface area contributed by atoms with Crippen molar-refractivity contribution in [3.05, 3.63) is 59.7 Å². The predicted octanol–water partition coefficient (Wildman–Crippen LogP) is 2.80. The number of anilines is 1. The van der Waals surface area contributed by atoms with Crippen LogP contribution in [0.1, 0.15) is 35.2 Å². The van der Waals surface area contributed by atoms with E-state index in [0.717, 1.165) is 5.56 Å². The molecule has 9 heteroatoms. The topological polar surface area (TPSA) is 97.0 Å². The summed E-state index contributed by atoms with van der Waals surface area (Å²) in [5.74, 6) is -0.358. The molecule has 0 aromatic heterocycles. The van der Waals surface area contributed by atoms with Crippen LogP contribution in [0.4, 0.5) is 5.69 Å². The summed E-state index contributed by atoms with van der Waals surface area (Å²) >= 11 is 5.48. The van der Waals surface area contributed by atoms with E-state index in [4.69, 9.17) is 21.7 Å². The molecule has 1 saturated heterocycles. The van der Waals surface area contributed by atoms with Crippen molar-refractivity contribution < 1.29 is 23.9 Å². The lowest BCUT2D eigenvalue weighted by Crippen LogP contribution is -2.62. The van der Waals surface area contributed by atoms with Gasteiger partial charge in [-0.2, -0.15) is 0 Å². The van der Waals surface area contributed by atoms with Gasteiger partial charge in [0.1, 0.15) is 5.75 Å². The van der Waals surface area contributed by atoms with Gasteiger partial charge in [0.05, 0.1) is 31.7 Å². The molecule has 1 aliphatic carbocycles. The quantitative estimate of drug-likeness (QED) is 0.484. The van der Waals surface area contributed by atoms with Crippen LogP contribution in [0.2, 0.25) is 0 Å². The lowest BCUT2D eigenvalue weighted by Gasteiger charge is -2.43. The molecule has 2 fully saturated rings. The Bertz CT molecular complexity index is 1100. The Hall–Kier alpha value is -3.46. The molecule has 0 radical (unpaired) electrons. The average Bonchev–Trinajstić information content (AvgIpc) is 2.87. The van der Waals surface area contributed by atoms with Crippen LogP contribution >= 0.6 is 12.2 Å². The number of rotatable bonds is 6. The highest BCUT2D eigenvalue weighted by atomic mass is 32.1. The Labute approximate surface area is 203 Å². The Morgan fingerprint density at radius 3 is 2.56 bits per heavy atom. The number of para-hydroxylation sites is 1. The normalized spacial score (nSPS) is 21.8. The van der Waals surface area contributed by atoms with Crippen molar-refractivity contribution in [2.75, 3.05) is 19.1 Å². The van der Waals surface area contributed by atoms with Crippen LogP contribution in [0, 0.1) is 11.8 Å². The van der Waals surface area contributed by atoms with Crippen LogP contribution < -0.4 is 20.3 Å². The van der Waals surface area contributed by atoms with Gasteiger partial charge in [0.2, 0.25) is 5.91 Å². The Morgan fingerprint density at radius 2 is 1.85 bits per heavy atom. The fourth-order valence-electron chi connectivity index (χ4n) is 4.63. The van der Waals surface area contributed by atoms with Gasteiger partial charge in [-0.3, -0.25) is 19.3 Å². The van der Waals surface area contributed by atoms with E-state index in [1.54, 1.807) is 31.4 Å². The first kappa shape index (κ1) is 23.7. The maximum atomic E-state index is 13.2. The van der Waals surface area contributed by atoms with E-state index in [9.17, 15) is 14.4 Å². The largest absolute Gasteiger partial charge is 0.496 e. The molecule has 0 bridgehead atoms. The number of amides is 2. The molecule has 2 aromatic rings. The molecule has 3 atom stereocenters. The van der Waals surface area contributed by atoms with Crippen LogP contribution in [0.5, 0.6) is 5.75 Å². The smallest absolute Gasteiger partial charge is 0.308 e. The summed E-state index contributed by atoms with van der Waals surface area (Å²) in [4.78, 5) is 39.3. The number of carbonyl (C=O) groups excluding carboxylic acids is 3. The van der Waals surface area contributed by atoms with Crippen LogP contribution in [0.15, 0.2) is 48.5 Å². The van der Waals surface area contributed by atoms with Crippen LogP contribution in [-0.2, 0) is 20.9 Å². The summed E-state index contributed by atoms with van der Waals surface area (Å²) in [6, 6.07) is 14.1. The maximum Gasteiger partial charge on any atom is 0.308 e. The number of hydrogen-bond acceptors (Lipinski definition) is 6. The number of fused-ring (bicyclic) bond motifs is 1. The Balaban J connectivity index is 1.41. The number of esters is 1. The highest BCUT2D eigenvalue weighted by molar-refractivity contribution is 7.80. The highest BCUT2D eigenvalue weighted by Gasteiger charge is 2.44. The SMILES string of the molecule is COC(=O)C1CCC2C(=O)N(c3ccc(C(=O)NCc4ccccc4OC)cc3)C(=S)NC2C1. The number of methoxy groups -OCH3 is 2. The predicted molar refractivity (Wildman–Crippen MR) is 130 cm³/mol. The molecule has 1 heterocycles. The van der Waals surface area contributed by atoms with Gasteiger partial charge in [0, 0.05) is 23.7 Å². The number of thiocarbonyl (C=S) groups is 1. The minimum absolute atomic E-state index is 0.0922. The zero-order chi connectivity index (χ0) is 24.2. The molecule has 34 heavy (non-hydrogen) atoms. The lowest BCUT2D eigenvalue weighted by molar-refractivity contribution is -0.148. The van der Waals surface area contributed by atoms with E-state index >= 15 is 0 Å². The molecular weight excluding hydrogens is 454 g/mol. The third-order valence-electron chi connectivity index (χ3n) is 6.45. The van der Waals surface area contributed by atoms with E-state index in [0.29, 0.717) is 47.9 Å². The molecule has 178 valence electrons. The molecule has 3 unspecified atom stereocenters. The van der Waals surface area contributed by atoms with Gasteiger partial charge in [-0.25, -0.2) is 0 Å². The van der Waals surface area contributed by atoms with Crippen LogP contribution in [-0.4, -0.2) is 43.2 Å². The monoisotopic (exact) mass is 481 g/mol. The number of nitrogens with zero attached hydrogens (tertiary/aromatic N) is 1. The molecule has 2 N–H and O–H groups in total. The molecule has 1 aliphatic heterocycles. The summed E-state index contributed by atoms with van der Waals surface area (Å²) in [7, 11) is 2.97. The number of ether oxygens (including phenoxy) is 2. The van der Waals surface area contributed by atoms with Crippen molar-refractivity contribution in [1.29, 1.82) is 0 Å². The second-order valence-electron chi connectivity index (χ2n) is 8.41. The number of benzene rings is 2. The second-order valence-corrected chi connectivity index (χ2v) is 8.80. The van der Waals surface area contributed by atoms with Crippen molar-refractivity contribution in [2.24, 2.45) is 11.8 Å². The van der Waals surface area contributed by atoms with Gasteiger partial charge in [0.15, 0.2) is 5.11 Å². The zero-order valence-corrected chi connectivity index (χ0v) is 19.9. The molecule has 2 aromatic carbocycles. The third-order valence-corrected chi connectivity index (χ3v) is 6.75. The van der Waals surface area contributed by atoms with E-state index < -0.39 is 0 Å². The lowest BCUT2D eigenvalue weighted by atomic mass is 9.76. The summed E-state index contributed by atoms with van der Waals surface area (Å²) in [5, 5.41) is 6.41. The molecular formula is C25H27N3O5S. The zero-order valence-electron chi connectivity index (χ0n) is 19.1. The van der Waals surface area contributed by atoms with Crippen molar-refractivity contribution in [1.82, 2.24) is 10.6 Å². The standard InChI is InChI=1S/C25H27N3O5S/c1-32-21-6-4-3-5-17(21)14-26-22(29)15-7-10-18(11-8-15)28-23(30)19-12-9-16(24(31)33-2)13-20(19)27-25(28)34/h3-8,10-11,16,19-20H,9,12-14H2,1-2H3,(H,26,29)(H,27,34). The molecule has 2 amide bonds. The highest BCUT2D eigenvalue weighted by Crippen LogP contribution is 2.35. The Kier molecular flexibility index (Phi) is 7.12. The summed E-state index contributed by atoms with van der Waals surface area (Å²) in [5.41, 5.74) is 1.94. The first-order valence-electron chi connectivity index (χ1n) is 11.2. The summed E-state index contributed by atoms with van der Waals surface area (Å²) < 4.78 is 10.2. The maximum absolute atomic E-state index is 13.2. The fourth-order valence-corrected chi connectivity index (χ4v) is 4.98. The minimum atomic E-state index is -0.267. The number of nitrogens with one attached hydrogen (secondary N) is 2. The van der Waals surface area contributed by atoms with Gasteiger partial charge in [-0.1, -0.05) is 18.2 Å². The molecule has 2 aliphatic rings. The number of hydrogen-bond donors (Lipinski definition) is 2. The fraction of sp³-hybridized carbons (Fsp3) is 0.360. The average molecular weight is 482 g/mol. The van der Waals surface area contributed by atoms with Gasteiger partial charge >= 0.3 is 5.97 Å². The van der Waals surface area contributed by atoms with E-state index in [2.05, 4.69) is 10.6 Å². The number of carbonyl (C=O) groups is 3. The Morgan fingerprint density at radius 1 is 1.12 bits per heavy atom. The van der Waals surface area contributed by atoms with Crippen molar-refractivity contribution in [3.8, 4) is 5.75 Å². The van der Waals surface area contributed by atoms with Crippen LogP contribution in [0.3, 0.4) is 0 Å². The van der Waals surface area contributed by atoms with Crippen LogP contribution in [0.25, 0.3) is 0 Å². The van der Waals surface area contributed by atoms with Gasteiger partial charge in [-0.15, -0.1) is 0 Å². The first-order chi connectivity index (χ1) is 16.4. The van der Waals surface area contributed by atoms with Crippen molar-refractivity contribution >= 4 is 40.8 Å². The van der Waals surface area contributed by atoms with Crippen molar-refractivity contribution in [3.63, 3.8) is 0 Å². The summed E-state index contributed by atoms with van der Waals surface area (Å²) in [6.07, 6.45) is 1.70. The summed E-state index contributed by atoms with van der Waals surface area (Å²) in [6.45, 7) is 0.332. The van der Waals surface area contributed by atoms with E-state index in [1.807, 2.05) is 24.3 Å². The third kappa shape index (κ3) is 4.75. The molecule has 4 rings (SSSR count). The first-order valence-corrected chi connectivity index (χ1v) is 11.6. The van der Waals surface area contributed by atoms with E-state index in [-0.39, 0.29) is 35.7 Å². The molecule has 8 nitrogen and oxygen atoms in total. The van der Waals surface area contributed by atoms with Crippen molar-refractivity contribution in [2.45, 2.75) is 31.8 Å². The van der Waals surface area contributed by atoms with Gasteiger partial charge < -0.3 is 20.1 Å². The molecule has 1 saturated carbocycles. The molecule has 0 spiro atoms. The second kappa shape index (κ2) is 10.2.